The topological polar surface area (TPSA) is 147 Å². The lowest BCUT2D eigenvalue weighted by Gasteiger charge is -2.16. The number of hydrogen-bond acceptors (Lipinski definition) is 11. The highest BCUT2D eigenvalue weighted by Gasteiger charge is 2.25. The van der Waals surface area contributed by atoms with Gasteiger partial charge in [0.25, 0.3) is 5.56 Å². The number of halogens is 2. The zero-order valence-corrected chi connectivity index (χ0v) is 23.5. The summed E-state index contributed by atoms with van der Waals surface area (Å²) in [6.45, 7) is -2.50. The van der Waals surface area contributed by atoms with Crippen molar-refractivity contribution < 1.29 is 18.3 Å². The number of nitrogens with one attached hydrogen (secondary N) is 2. The molecule has 15 heteroatoms. The molecule has 1 fully saturated rings. The van der Waals surface area contributed by atoms with E-state index in [1.807, 2.05) is 36.4 Å². The van der Waals surface area contributed by atoms with Crippen LogP contribution in [0.2, 0.25) is 0 Å². The first-order valence-electron chi connectivity index (χ1n) is 13.8. The maximum atomic E-state index is 12.8. The summed E-state index contributed by atoms with van der Waals surface area (Å²) in [6.07, 6.45) is 8.45. The Balaban J connectivity index is 1.09. The molecule has 0 bridgehead atoms. The summed E-state index contributed by atoms with van der Waals surface area (Å²) in [7, 11) is 1.62. The summed E-state index contributed by atoms with van der Waals surface area (Å²) in [4.78, 5) is 25.3. The average molecular weight is 603 g/mol. The Morgan fingerprint density at radius 3 is 2.39 bits per heavy atom. The van der Waals surface area contributed by atoms with Gasteiger partial charge in [0, 0.05) is 29.9 Å². The van der Waals surface area contributed by atoms with Crippen molar-refractivity contribution >= 4 is 11.6 Å². The zero-order valence-electron chi connectivity index (χ0n) is 23.5. The van der Waals surface area contributed by atoms with Gasteiger partial charge in [0.2, 0.25) is 5.88 Å². The van der Waals surface area contributed by atoms with Crippen molar-refractivity contribution in [2.45, 2.75) is 44.5 Å². The van der Waals surface area contributed by atoms with E-state index < -0.39 is 6.61 Å². The number of benzene rings is 1. The number of rotatable bonds is 11. The molecular formula is C29H28F2N10O3. The third-order valence-electron chi connectivity index (χ3n) is 7.19. The van der Waals surface area contributed by atoms with E-state index in [0.717, 1.165) is 36.8 Å². The van der Waals surface area contributed by atoms with Crippen LogP contribution in [0.15, 0.2) is 78.1 Å². The number of alkyl halides is 2. The monoisotopic (exact) mass is 602 g/mol. The van der Waals surface area contributed by atoms with Crippen LogP contribution >= 0.6 is 0 Å². The molecule has 4 heterocycles. The summed E-state index contributed by atoms with van der Waals surface area (Å²) in [5.41, 5.74) is 2.05. The summed E-state index contributed by atoms with van der Waals surface area (Å²) >= 11 is 0. The van der Waals surface area contributed by atoms with Crippen LogP contribution in [0.25, 0.3) is 17.1 Å². The molecule has 226 valence electrons. The SMILES string of the molecule is COc1ccc(Cn2nnnc2-c2ccc(=O)n(-c3ccc(N[C@H]4CC[C@H](Nc5cnc(OC(F)F)cn5)C4)nc3)c2)cc1. The van der Waals surface area contributed by atoms with Gasteiger partial charge in [-0.1, -0.05) is 12.1 Å². The van der Waals surface area contributed by atoms with Gasteiger partial charge in [-0.2, -0.15) is 8.78 Å². The normalized spacial score (nSPS) is 16.2. The van der Waals surface area contributed by atoms with E-state index in [9.17, 15) is 13.6 Å². The predicted octanol–water partition coefficient (Wildman–Crippen LogP) is 3.78. The molecule has 1 aliphatic rings. The molecule has 0 radical (unpaired) electrons. The van der Waals surface area contributed by atoms with E-state index in [1.54, 1.807) is 30.3 Å². The van der Waals surface area contributed by atoms with E-state index in [-0.39, 0.29) is 23.5 Å². The standard InChI is InChI=1S/C29H28F2N10O3/c1-43-23-8-2-18(3-9-23)16-41-28(37-38-39-41)19-4-11-27(42)40(17-19)22-7-10-24(32-13-22)35-20-5-6-21(12-20)36-25-14-34-26(15-33-25)44-29(30)31/h2-4,7-11,13-15,17,20-21,29H,5-6,12,16H2,1H3,(H,32,35)(H,33,36)/t20-,21-/m0/s1. The number of tetrazole rings is 1. The van der Waals surface area contributed by atoms with E-state index in [1.165, 1.54) is 16.8 Å². The van der Waals surface area contributed by atoms with Crippen molar-refractivity contribution in [3.8, 4) is 28.7 Å². The molecule has 2 N–H and O–H groups in total. The van der Waals surface area contributed by atoms with Crippen molar-refractivity contribution in [3.05, 3.63) is 89.2 Å². The summed E-state index contributed by atoms with van der Waals surface area (Å²) in [5, 5.41) is 18.9. The second-order valence-electron chi connectivity index (χ2n) is 10.1. The van der Waals surface area contributed by atoms with Crippen LogP contribution in [0.5, 0.6) is 11.6 Å². The summed E-state index contributed by atoms with van der Waals surface area (Å²) in [6, 6.07) is 14.8. The van der Waals surface area contributed by atoms with Crippen molar-refractivity contribution in [3.63, 3.8) is 0 Å². The molecule has 1 saturated carbocycles. The Kier molecular flexibility index (Phi) is 8.34. The summed E-state index contributed by atoms with van der Waals surface area (Å²) < 4.78 is 37.3. The molecular weight excluding hydrogens is 574 g/mol. The Bertz CT molecular complexity index is 1750. The molecule has 13 nitrogen and oxygen atoms in total. The molecule has 1 aliphatic carbocycles. The van der Waals surface area contributed by atoms with Crippen molar-refractivity contribution in [2.75, 3.05) is 17.7 Å². The Labute approximate surface area is 249 Å². The molecule has 1 aromatic carbocycles. The van der Waals surface area contributed by atoms with E-state index in [4.69, 9.17) is 4.74 Å². The highest BCUT2D eigenvalue weighted by atomic mass is 19.3. The van der Waals surface area contributed by atoms with Gasteiger partial charge in [0.1, 0.15) is 17.4 Å². The molecule has 44 heavy (non-hydrogen) atoms. The molecule has 0 saturated heterocycles. The molecule has 5 aromatic rings. The molecule has 6 rings (SSSR count). The van der Waals surface area contributed by atoms with Crippen LogP contribution in [-0.4, -0.2) is 65.5 Å². The molecule has 0 amide bonds. The number of ether oxygens (including phenoxy) is 2. The minimum Gasteiger partial charge on any atom is -0.497 e. The fourth-order valence-electron chi connectivity index (χ4n) is 5.06. The number of aromatic nitrogens is 8. The van der Waals surface area contributed by atoms with Crippen molar-refractivity contribution in [2.24, 2.45) is 0 Å². The van der Waals surface area contributed by atoms with E-state index in [0.29, 0.717) is 35.3 Å². The van der Waals surface area contributed by atoms with Crippen LogP contribution in [0.3, 0.4) is 0 Å². The van der Waals surface area contributed by atoms with Crippen LogP contribution in [-0.2, 0) is 6.54 Å². The maximum Gasteiger partial charge on any atom is 0.388 e. The predicted molar refractivity (Wildman–Crippen MR) is 156 cm³/mol. The van der Waals surface area contributed by atoms with Gasteiger partial charge in [0.15, 0.2) is 5.82 Å². The highest BCUT2D eigenvalue weighted by Crippen LogP contribution is 2.26. The molecule has 2 atom stereocenters. The fraction of sp³-hybridized carbons (Fsp3) is 0.276. The lowest BCUT2D eigenvalue weighted by Crippen LogP contribution is -2.22. The smallest absolute Gasteiger partial charge is 0.388 e. The third kappa shape index (κ3) is 6.77. The first-order chi connectivity index (χ1) is 21.4. The van der Waals surface area contributed by atoms with Gasteiger partial charge in [-0.15, -0.1) is 5.10 Å². The third-order valence-corrected chi connectivity index (χ3v) is 7.19. The number of pyridine rings is 2. The van der Waals surface area contributed by atoms with Crippen LogP contribution < -0.4 is 25.7 Å². The Morgan fingerprint density at radius 1 is 0.932 bits per heavy atom. The maximum absolute atomic E-state index is 12.8. The second-order valence-corrected chi connectivity index (χ2v) is 10.1. The summed E-state index contributed by atoms with van der Waals surface area (Å²) in [5.74, 6) is 2.22. The first-order valence-corrected chi connectivity index (χ1v) is 13.8. The molecule has 0 spiro atoms. The van der Waals surface area contributed by atoms with Crippen LogP contribution in [0, 0.1) is 0 Å². The van der Waals surface area contributed by atoms with E-state index >= 15 is 0 Å². The molecule has 4 aromatic heterocycles. The second kappa shape index (κ2) is 12.8. The van der Waals surface area contributed by atoms with Gasteiger partial charge in [-0.25, -0.2) is 19.6 Å². The fourth-order valence-corrected chi connectivity index (χ4v) is 5.06. The lowest BCUT2D eigenvalue weighted by atomic mass is 10.2. The van der Waals surface area contributed by atoms with Gasteiger partial charge in [-0.05, 0) is 65.6 Å². The minimum atomic E-state index is -2.94. The zero-order chi connectivity index (χ0) is 30.5. The first kappa shape index (κ1) is 28.6. The van der Waals surface area contributed by atoms with Gasteiger partial charge >= 0.3 is 6.61 Å². The Hall–Kier alpha value is -5.47. The number of anilines is 2. The van der Waals surface area contributed by atoms with Gasteiger partial charge in [-0.3, -0.25) is 9.36 Å². The van der Waals surface area contributed by atoms with Crippen molar-refractivity contribution in [1.82, 2.24) is 39.7 Å². The average Bonchev–Trinajstić information content (AvgIpc) is 3.68. The number of hydrogen-bond donors (Lipinski definition) is 2. The minimum absolute atomic E-state index is 0.130. The lowest BCUT2D eigenvalue weighted by molar-refractivity contribution is -0.0530. The largest absolute Gasteiger partial charge is 0.497 e. The van der Waals surface area contributed by atoms with Crippen LogP contribution in [0.4, 0.5) is 20.4 Å². The molecule has 0 unspecified atom stereocenters. The van der Waals surface area contributed by atoms with Gasteiger partial charge in [0.05, 0.1) is 37.9 Å². The van der Waals surface area contributed by atoms with E-state index in [2.05, 4.69) is 45.8 Å². The quantitative estimate of drug-likeness (QED) is 0.228. The molecule has 0 aliphatic heterocycles. The number of nitrogens with zero attached hydrogens (tertiary/aromatic N) is 8. The van der Waals surface area contributed by atoms with Crippen molar-refractivity contribution in [1.29, 1.82) is 0 Å². The van der Waals surface area contributed by atoms with Crippen LogP contribution in [0.1, 0.15) is 24.8 Å². The van der Waals surface area contributed by atoms with Gasteiger partial charge < -0.3 is 20.1 Å². The number of methoxy groups -OCH3 is 1. The highest BCUT2D eigenvalue weighted by molar-refractivity contribution is 5.54. The Morgan fingerprint density at radius 2 is 1.70 bits per heavy atom.